The van der Waals surface area contributed by atoms with E-state index in [1.807, 2.05) is 13.8 Å². The molecule has 0 atom stereocenters. The van der Waals surface area contributed by atoms with Crippen LogP contribution in [0.1, 0.15) is 17.0 Å². The van der Waals surface area contributed by atoms with Crippen molar-refractivity contribution in [2.45, 2.75) is 20.3 Å². The van der Waals surface area contributed by atoms with Crippen molar-refractivity contribution in [3.63, 3.8) is 0 Å². The van der Waals surface area contributed by atoms with Gasteiger partial charge < -0.3 is 14.2 Å². The van der Waals surface area contributed by atoms with Gasteiger partial charge >= 0.3 is 0 Å². The van der Waals surface area contributed by atoms with Crippen LogP contribution in [0.25, 0.3) is 16.8 Å². The number of nitrogens with zero attached hydrogens (tertiary/aromatic N) is 3. The first-order valence-corrected chi connectivity index (χ1v) is 9.28. The Morgan fingerprint density at radius 3 is 2.11 bits per heavy atom. The second-order valence-corrected chi connectivity index (χ2v) is 6.74. The van der Waals surface area contributed by atoms with Crippen LogP contribution in [-0.4, -0.2) is 41.8 Å². The van der Waals surface area contributed by atoms with Crippen molar-refractivity contribution < 1.29 is 14.2 Å². The van der Waals surface area contributed by atoms with Crippen molar-refractivity contribution in [3.8, 4) is 28.4 Å². The number of alkyl halides is 1. The highest BCUT2D eigenvalue weighted by atomic mass is 35.5. The number of hydrogen-bond acceptors (Lipinski definition) is 5. The molecule has 0 saturated heterocycles. The zero-order chi connectivity index (χ0) is 19.7. The minimum absolute atomic E-state index is 0.459. The Morgan fingerprint density at radius 2 is 1.59 bits per heavy atom. The minimum atomic E-state index is 0.459. The molecule has 0 unspecified atom stereocenters. The maximum Gasteiger partial charge on any atom is 0.165 e. The van der Waals surface area contributed by atoms with Gasteiger partial charge in [0.1, 0.15) is 22.4 Å². The van der Waals surface area contributed by atoms with Crippen LogP contribution in [-0.2, 0) is 6.42 Å². The molecule has 0 bridgehead atoms. The molecular formula is C19H21Cl2N3O3. The molecule has 2 heterocycles. The van der Waals surface area contributed by atoms with Crippen LogP contribution in [0.4, 0.5) is 0 Å². The van der Waals surface area contributed by atoms with E-state index in [1.54, 1.807) is 38.0 Å². The zero-order valence-electron chi connectivity index (χ0n) is 15.9. The highest BCUT2D eigenvalue weighted by Gasteiger charge is 2.24. The smallest absolute Gasteiger partial charge is 0.165 e. The summed E-state index contributed by atoms with van der Waals surface area (Å²) in [7, 11) is 4.80. The third-order valence-electron chi connectivity index (χ3n) is 4.49. The monoisotopic (exact) mass is 409 g/mol. The summed E-state index contributed by atoms with van der Waals surface area (Å²) in [6.45, 7) is 3.82. The van der Waals surface area contributed by atoms with Crippen LogP contribution in [0.2, 0.25) is 5.15 Å². The Hall–Kier alpha value is -2.18. The summed E-state index contributed by atoms with van der Waals surface area (Å²) in [5, 5.41) is 5.12. The van der Waals surface area contributed by atoms with E-state index in [9.17, 15) is 0 Å². The van der Waals surface area contributed by atoms with E-state index in [2.05, 4.69) is 5.10 Å². The normalized spacial score (nSPS) is 11.1. The molecule has 8 heteroatoms. The summed E-state index contributed by atoms with van der Waals surface area (Å²) in [4.78, 5) is 4.76. The first-order valence-electron chi connectivity index (χ1n) is 8.37. The summed E-state index contributed by atoms with van der Waals surface area (Å²) in [6.07, 6.45) is 0.624. The van der Waals surface area contributed by atoms with Gasteiger partial charge in [0.15, 0.2) is 5.65 Å². The molecule has 144 valence electrons. The van der Waals surface area contributed by atoms with Crippen molar-refractivity contribution in [1.82, 2.24) is 14.6 Å². The largest absolute Gasteiger partial charge is 0.496 e. The Bertz CT molecular complexity index is 977. The summed E-state index contributed by atoms with van der Waals surface area (Å²) < 4.78 is 18.2. The predicted octanol–water partition coefficient (Wildman–Crippen LogP) is 4.47. The lowest BCUT2D eigenvalue weighted by atomic mass is 10.0. The number of hydrogen-bond donors (Lipinski definition) is 0. The van der Waals surface area contributed by atoms with Crippen molar-refractivity contribution in [2.75, 3.05) is 27.2 Å². The average molecular weight is 410 g/mol. The molecule has 3 rings (SSSR count). The van der Waals surface area contributed by atoms with Crippen LogP contribution >= 0.6 is 23.2 Å². The zero-order valence-corrected chi connectivity index (χ0v) is 17.4. The number of ether oxygens (including phenoxy) is 3. The first-order chi connectivity index (χ1) is 13.0. The molecule has 0 amide bonds. The van der Waals surface area contributed by atoms with Gasteiger partial charge in [0.25, 0.3) is 0 Å². The van der Waals surface area contributed by atoms with Crippen LogP contribution < -0.4 is 14.2 Å². The minimum Gasteiger partial charge on any atom is -0.496 e. The lowest BCUT2D eigenvalue weighted by Gasteiger charge is -2.15. The average Bonchev–Trinajstić information content (AvgIpc) is 2.99. The fourth-order valence-electron chi connectivity index (χ4n) is 3.18. The summed E-state index contributed by atoms with van der Waals surface area (Å²) >= 11 is 12.5. The van der Waals surface area contributed by atoms with Crippen molar-refractivity contribution in [2.24, 2.45) is 0 Å². The maximum absolute atomic E-state index is 6.61. The fraction of sp³-hybridized carbons (Fsp3) is 0.368. The number of aryl methyl sites for hydroxylation is 2. The van der Waals surface area contributed by atoms with Crippen LogP contribution in [0.3, 0.4) is 0 Å². The van der Waals surface area contributed by atoms with Gasteiger partial charge in [-0.3, -0.25) is 0 Å². The van der Waals surface area contributed by atoms with Gasteiger partial charge in [-0.1, -0.05) is 11.6 Å². The van der Waals surface area contributed by atoms with Crippen molar-refractivity contribution >= 4 is 28.8 Å². The van der Waals surface area contributed by atoms with Gasteiger partial charge in [-0.15, -0.1) is 11.6 Å². The third-order valence-corrected chi connectivity index (χ3v) is 5.07. The van der Waals surface area contributed by atoms with Gasteiger partial charge in [0.2, 0.25) is 0 Å². The summed E-state index contributed by atoms with van der Waals surface area (Å²) in [5.41, 5.74) is 4.65. The summed E-state index contributed by atoms with van der Waals surface area (Å²) in [6, 6.07) is 3.61. The summed E-state index contributed by atoms with van der Waals surface area (Å²) in [5.74, 6) is 2.29. The Kier molecular flexibility index (Phi) is 5.67. The van der Waals surface area contributed by atoms with E-state index in [4.69, 9.17) is 42.4 Å². The number of fused-ring (bicyclic) bond motifs is 1. The molecule has 0 fully saturated rings. The SMILES string of the molecule is COc1cc(OC)c(-c2c(C)nn3c(Cl)c(CCCl)c(C)nc23)c(OC)c1. The molecule has 0 aliphatic carbocycles. The lowest BCUT2D eigenvalue weighted by Crippen LogP contribution is -2.03. The molecule has 6 nitrogen and oxygen atoms in total. The predicted molar refractivity (Wildman–Crippen MR) is 107 cm³/mol. The molecule has 0 saturated carbocycles. The topological polar surface area (TPSA) is 57.9 Å². The molecule has 0 aliphatic heterocycles. The number of halogens is 2. The number of benzene rings is 1. The Morgan fingerprint density at radius 1 is 0.963 bits per heavy atom. The van der Waals surface area contributed by atoms with Crippen molar-refractivity contribution in [1.29, 1.82) is 0 Å². The van der Waals surface area contributed by atoms with Gasteiger partial charge in [0.05, 0.1) is 38.2 Å². The molecule has 1 aromatic carbocycles. The van der Waals surface area contributed by atoms with E-state index in [-0.39, 0.29) is 0 Å². The van der Waals surface area contributed by atoms with E-state index in [0.29, 0.717) is 40.3 Å². The molecule has 0 spiro atoms. The maximum atomic E-state index is 6.61. The quantitative estimate of drug-likeness (QED) is 0.443. The van der Waals surface area contributed by atoms with Crippen LogP contribution in [0.5, 0.6) is 17.2 Å². The van der Waals surface area contributed by atoms with E-state index in [1.165, 1.54) is 0 Å². The Balaban J connectivity index is 2.38. The molecule has 0 radical (unpaired) electrons. The second-order valence-electron chi connectivity index (χ2n) is 6.01. The van der Waals surface area contributed by atoms with E-state index >= 15 is 0 Å². The standard InChI is InChI=1S/C19H21Cl2N3O3/c1-10-13(6-7-20)18(21)24-19(22-10)16(11(2)23-24)17-14(26-4)8-12(25-3)9-15(17)27-5/h8-9H,6-7H2,1-5H3. The number of aromatic nitrogens is 3. The molecule has 2 aromatic heterocycles. The lowest BCUT2D eigenvalue weighted by molar-refractivity contribution is 0.377. The van der Waals surface area contributed by atoms with E-state index in [0.717, 1.165) is 28.1 Å². The van der Waals surface area contributed by atoms with Crippen LogP contribution in [0.15, 0.2) is 12.1 Å². The highest BCUT2D eigenvalue weighted by Crippen LogP contribution is 2.44. The van der Waals surface area contributed by atoms with Gasteiger partial charge in [-0.2, -0.15) is 5.10 Å². The molecule has 27 heavy (non-hydrogen) atoms. The highest BCUT2D eigenvalue weighted by molar-refractivity contribution is 6.30. The van der Waals surface area contributed by atoms with Gasteiger partial charge in [0, 0.05) is 29.3 Å². The fourth-order valence-corrected chi connectivity index (χ4v) is 3.72. The second kappa shape index (κ2) is 7.82. The number of rotatable bonds is 6. The molecule has 0 aliphatic rings. The van der Waals surface area contributed by atoms with Gasteiger partial charge in [-0.25, -0.2) is 9.50 Å². The van der Waals surface area contributed by atoms with Gasteiger partial charge in [-0.05, 0) is 20.3 Å². The Labute approximate surface area is 168 Å². The third kappa shape index (κ3) is 3.28. The number of methoxy groups -OCH3 is 3. The molecule has 0 N–H and O–H groups in total. The van der Waals surface area contributed by atoms with E-state index < -0.39 is 0 Å². The molecular weight excluding hydrogens is 389 g/mol. The first kappa shape index (κ1) is 19.6. The van der Waals surface area contributed by atoms with Crippen LogP contribution in [0, 0.1) is 13.8 Å². The molecule has 3 aromatic rings. The van der Waals surface area contributed by atoms with Crippen molar-refractivity contribution in [3.05, 3.63) is 34.2 Å².